The Morgan fingerprint density at radius 2 is 2.22 bits per heavy atom. The van der Waals surface area contributed by atoms with Crippen LogP contribution in [0.1, 0.15) is 0 Å². The molecule has 0 fully saturated rings. The molecule has 0 saturated carbocycles. The normalized spacial score (nSPS) is 9.44. The van der Waals surface area contributed by atoms with Gasteiger partial charge in [0.15, 0.2) is 0 Å². The molecule has 0 bridgehead atoms. The van der Waals surface area contributed by atoms with E-state index in [9.17, 15) is 0 Å². The fourth-order valence-electron chi connectivity index (χ4n) is 0.453. The van der Waals surface area contributed by atoms with Gasteiger partial charge in [-0.05, 0) is 11.7 Å². The van der Waals surface area contributed by atoms with Gasteiger partial charge in [-0.2, -0.15) is 0 Å². The van der Waals surface area contributed by atoms with E-state index in [2.05, 4.69) is 9.97 Å². The van der Waals surface area contributed by atoms with Crippen LogP contribution in [-0.2, 0) is 0 Å². The van der Waals surface area contributed by atoms with Gasteiger partial charge in [-0.3, -0.25) is 0 Å². The number of aromatic nitrogens is 2. The summed E-state index contributed by atoms with van der Waals surface area (Å²) in [6.45, 7) is 0. The average molecular weight is 139 g/mol. The molecule has 0 aliphatic rings. The van der Waals surface area contributed by atoms with Gasteiger partial charge in [-0.25, -0.2) is 9.97 Å². The molecule has 2 N–H and O–H groups in total. The van der Waals surface area contributed by atoms with Crippen molar-refractivity contribution in [1.82, 2.24) is 9.97 Å². The van der Waals surface area contributed by atoms with Crippen LogP contribution in [0.2, 0.25) is 5.15 Å². The highest BCUT2D eigenvalue weighted by molar-refractivity contribution is 6.34. The Morgan fingerprint density at radius 1 is 1.56 bits per heavy atom. The molecular formula is C4H3BClN3. The molecule has 0 aliphatic carbocycles. The average Bonchev–Trinajstić information content (AvgIpc) is 1.59. The molecular weight excluding hydrogens is 136 g/mol. The van der Waals surface area contributed by atoms with Crippen molar-refractivity contribution >= 4 is 31.0 Å². The van der Waals surface area contributed by atoms with Gasteiger partial charge in [-0.15, -0.1) is 0 Å². The van der Waals surface area contributed by atoms with Gasteiger partial charge in [0.25, 0.3) is 0 Å². The van der Waals surface area contributed by atoms with Crippen molar-refractivity contribution in [3.63, 3.8) is 0 Å². The number of rotatable bonds is 0. The van der Waals surface area contributed by atoms with Crippen molar-refractivity contribution in [2.45, 2.75) is 0 Å². The van der Waals surface area contributed by atoms with E-state index in [4.69, 9.17) is 25.2 Å². The van der Waals surface area contributed by atoms with E-state index in [-0.39, 0.29) is 16.7 Å². The standard InChI is InChI=1S/C4H3BClN3/c5-2-1-3(6)9-4(7)8-2/h1H,(H2,7,8,9). The minimum atomic E-state index is 0.0972. The van der Waals surface area contributed by atoms with Crippen molar-refractivity contribution in [3.8, 4) is 0 Å². The largest absolute Gasteiger partial charge is 0.368 e. The summed E-state index contributed by atoms with van der Waals surface area (Å²) >= 11 is 5.44. The molecule has 0 aliphatic heterocycles. The molecule has 0 amide bonds. The van der Waals surface area contributed by atoms with E-state index in [1.807, 2.05) is 0 Å². The van der Waals surface area contributed by atoms with Crippen molar-refractivity contribution in [3.05, 3.63) is 11.2 Å². The molecule has 9 heavy (non-hydrogen) atoms. The lowest BCUT2D eigenvalue weighted by Gasteiger charge is -1.93. The topological polar surface area (TPSA) is 51.8 Å². The maximum atomic E-state index is 5.44. The zero-order valence-electron chi connectivity index (χ0n) is 4.50. The molecule has 0 unspecified atom stereocenters. The summed E-state index contributed by atoms with van der Waals surface area (Å²) < 4.78 is 0. The molecule has 1 aromatic rings. The molecule has 1 rings (SSSR count). The predicted molar refractivity (Wildman–Crippen MR) is 36.8 cm³/mol. The van der Waals surface area contributed by atoms with Crippen molar-refractivity contribution in [2.75, 3.05) is 5.73 Å². The molecule has 1 heterocycles. The van der Waals surface area contributed by atoms with Crippen molar-refractivity contribution < 1.29 is 0 Å². The summed E-state index contributed by atoms with van der Waals surface area (Å²) in [6, 6.07) is 1.43. The Morgan fingerprint density at radius 3 is 2.67 bits per heavy atom. The van der Waals surface area contributed by atoms with Gasteiger partial charge in [0, 0.05) is 0 Å². The third kappa shape index (κ3) is 1.57. The smallest absolute Gasteiger partial charge is 0.220 e. The second-order valence-corrected chi connectivity index (χ2v) is 1.86. The highest BCUT2D eigenvalue weighted by Crippen LogP contribution is 1.99. The molecule has 0 spiro atoms. The second-order valence-electron chi connectivity index (χ2n) is 1.47. The Bertz CT molecular complexity index is 177. The number of anilines is 1. The number of hydrogen-bond donors (Lipinski definition) is 1. The molecule has 3 nitrogen and oxygen atoms in total. The summed E-state index contributed by atoms with van der Waals surface area (Å²) in [4.78, 5) is 7.18. The Hall–Kier alpha value is -0.765. The van der Waals surface area contributed by atoms with Crippen LogP contribution in [0.4, 0.5) is 5.95 Å². The maximum Gasteiger partial charge on any atom is 0.220 e. The highest BCUT2D eigenvalue weighted by atomic mass is 35.5. The predicted octanol–water partition coefficient (Wildman–Crippen LogP) is -0.494. The number of nitrogens with zero attached hydrogens (tertiary/aromatic N) is 2. The zero-order valence-corrected chi connectivity index (χ0v) is 5.26. The van der Waals surface area contributed by atoms with Gasteiger partial charge < -0.3 is 5.73 Å². The minimum Gasteiger partial charge on any atom is -0.368 e. The van der Waals surface area contributed by atoms with Gasteiger partial charge in [0.05, 0.1) is 0 Å². The van der Waals surface area contributed by atoms with Gasteiger partial charge in [0.1, 0.15) is 13.0 Å². The minimum absolute atomic E-state index is 0.0972. The van der Waals surface area contributed by atoms with E-state index in [0.717, 1.165) is 0 Å². The highest BCUT2D eigenvalue weighted by Gasteiger charge is 1.92. The van der Waals surface area contributed by atoms with Crippen LogP contribution in [0.3, 0.4) is 0 Å². The SMILES string of the molecule is [B]c1cc(Cl)nc(N)n1. The van der Waals surface area contributed by atoms with E-state index in [1.54, 1.807) is 0 Å². The summed E-state index contributed by atoms with van der Waals surface area (Å²) in [5, 5.41) is 0.264. The van der Waals surface area contributed by atoms with Crippen LogP contribution < -0.4 is 11.3 Å². The van der Waals surface area contributed by atoms with E-state index in [1.165, 1.54) is 6.07 Å². The van der Waals surface area contributed by atoms with E-state index in [0.29, 0.717) is 0 Å². The van der Waals surface area contributed by atoms with Gasteiger partial charge >= 0.3 is 0 Å². The first-order chi connectivity index (χ1) is 4.18. The van der Waals surface area contributed by atoms with Crippen LogP contribution in [0.25, 0.3) is 0 Å². The number of hydrogen-bond acceptors (Lipinski definition) is 3. The Labute approximate surface area is 58.7 Å². The lowest BCUT2D eigenvalue weighted by molar-refractivity contribution is 1.22. The Kier molecular flexibility index (Phi) is 1.57. The monoisotopic (exact) mass is 139 g/mol. The zero-order chi connectivity index (χ0) is 6.85. The van der Waals surface area contributed by atoms with Crippen LogP contribution in [0, 0.1) is 0 Å². The Balaban J connectivity index is 3.17. The summed E-state index contributed by atoms with van der Waals surface area (Å²) in [5.74, 6) is 0.0972. The van der Waals surface area contributed by atoms with E-state index >= 15 is 0 Å². The number of nitrogens with two attached hydrogens (primary N) is 1. The summed E-state index contributed by atoms with van der Waals surface area (Å²) in [6.07, 6.45) is 0. The van der Waals surface area contributed by atoms with E-state index < -0.39 is 0 Å². The third-order valence-electron chi connectivity index (χ3n) is 0.732. The molecule has 0 aromatic carbocycles. The first kappa shape index (κ1) is 6.36. The van der Waals surface area contributed by atoms with Gasteiger partial charge in [-0.1, -0.05) is 11.6 Å². The quantitative estimate of drug-likeness (QED) is 0.390. The van der Waals surface area contributed by atoms with Crippen LogP contribution in [-0.4, -0.2) is 17.8 Å². The van der Waals surface area contributed by atoms with Crippen molar-refractivity contribution in [2.24, 2.45) is 0 Å². The molecule has 0 atom stereocenters. The molecule has 1 aromatic heterocycles. The molecule has 5 heteroatoms. The second kappa shape index (κ2) is 2.23. The third-order valence-corrected chi connectivity index (χ3v) is 0.926. The molecule has 0 saturated heterocycles. The van der Waals surface area contributed by atoms with Gasteiger partial charge in [0.2, 0.25) is 5.95 Å². The lowest BCUT2D eigenvalue weighted by atomic mass is 10.1. The molecule has 44 valence electrons. The fourth-order valence-corrected chi connectivity index (χ4v) is 0.652. The van der Waals surface area contributed by atoms with Crippen LogP contribution in [0.5, 0.6) is 0 Å². The lowest BCUT2D eigenvalue weighted by Crippen LogP contribution is -2.11. The van der Waals surface area contributed by atoms with Crippen LogP contribution >= 0.6 is 11.6 Å². The summed E-state index contributed by atoms with van der Waals surface area (Å²) in [7, 11) is 5.24. The maximum absolute atomic E-state index is 5.44. The number of nitrogen functional groups attached to an aromatic ring is 1. The fraction of sp³-hybridized carbons (Fsp3) is 0. The first-order valence-corrected chi connectivity index (χ1v) is 2.62. The summed E-state index contributed by atoms with van der Waals surface area (Å²) in [5.41, 5.74) is 5.46. The first-order valence-electron chi connectivity index (χ1n) is 2.24. The van der Waals surface area contributed by atoms with Crippen LogP contribution in [0.15, 0.2) is 6.07 Å². The molecule has 2 radical (unpaired) electrons. The number of halogens is 1. The van der Waals surface area contributed by atoms with Crippen molar-refractivity contribution in [1.29, 1.82) is 0 Å².